The molecule has 0 N–H and O–H groups in total. The Bertz CT molecular complexity index is 552. The Morgan fingerprint density at radius 1 is 1.17 bits per heavy atom. The highest BCUT2D eigenvalue weighted by Gasteiger charge is 2.13. The zero-order valence-corrected chi connectivity index (χ0v) is 13.9. The first-order valence-corrected chi connectivity index (χ1v) is 7.80. The molecular formula is C15H13Br2Cl. The van der Waals surface area contributed by atoms with Crippen LogP contribution in [0.4, 0.5) is 0 Å². The van der Waals surface area contributed by atoms with E-state index in [-0.39, 0.29) is 4.83 Å². The Morgan fingerprint density at radius 3 is 2.56 bits per heavy atom. The molecule has 0 heterocycles. The Balaban J connectivity index is 2.22. The molecule has 18 heavy (non-hydrogen) atoms. The van der Waals surface area contributed by atoms with E-state index in [2.05, 4.69) is 63.0 Å². The maximum absolute atomic E-state index is 6.19. The first-order valence-electron chi connectivity index (χ1n) is 5.71. The van der Waals surface area contributed by atoms with Gasteiger partial charge >= 0.3 is 0 Å². The van der Waals surface area contributed by atoms with Gasteiger partial charge in [-0.15, -0.1) is 0 Å². The molecule has 0 nitrogen and oxygen atoms in total. The molecule has 0 spiro atoms. The molecule has 1 atom stereocenters. The molecule has 0 saturated heterocycles. The fourth-order valence-electron chi connectivity index (χ4n) is 1.85. The van der Waals surface area contributed by atoms with Crippen molar-refractivity contribution in [3.8, 4) is 0 Å². The molecule has 2 aromatic rings. The normalized spacial score (nSPS) is 12.4. The van der Waals surface area contributed by atoms with Gasteiger partial charge in [-0.25, -0.2) is 0 Å². The molecular weight excluding hydrogens is 375 g/mol. The minimum Gasteiger partial charge on any atom is -0.0840 e. The van der Waals surface area contributed by atoms with Gasteiger partial charge in [0.2, 0.25) is 0 Å². The molecule has 0 aliphatic heterocycles. The first-order chi connectivity index (χ1) is 8.58. The molecule has 94 valence electrons. The molecule has 0 aromatic heterocycles. The van der Waals surface area contributed by atoms with Crippen LogP contribution in [0.2, 0.25) is 5.02 Å². The van der Waals surface area contributed by atoms with Crippen LogP contribution in [0, 0.1) is 6.92 Å². The second-order valence-electron chi connectivity index (χ2n) is 4.29. The van der Waals surface area contributed by atoms with E-state index in [1.54, 1.807) is 0 Å². The Hall–Kier alpha value is -0.310. The predicted octanol–water partition coefficient (Wildman–Crippen LogP) is 6.09. The van der Waals surface area contributed by atoms with E-state index in [9.17, 15) is 0 Å². The quantitative estimate of drug-likeness (QED) is 0.558. The van der Waals surface area contributed by atoms with Gasteiger partial charge in [0.15, 0.2) is 0 Å². The molecule has 0 fully saturated rings. The third kappa shape index (κ3) is 3.37. The molecule has 2 aromatic carbocycles. The van der Waals surface area contributed by atoms with Crippen LogP contribution < -0.4 is 0 Å². The molecule has 1 unspecified atom stereocenters. The van der Waals surface area contributed by atoms with Gasteiger partial charge in [0.25, 0.3) is 0 Å². The summed E-state index contributed by atoms with van der Waals surface area (Å²) in [6, 6.07) is 14.4. The van der Waals surface area contributed by atoms with Crippen LogP contribution in [-0.4, -0.2) is 0 Å². The van der Waals surface area contributed by atoms with Gasteiger partial charge in [0.1, 0.15) is 0 Å². The zero-order valence-electron chi connectivity index (χ0n) is 9.96. The number of hydrogen-bond donors (Lipinski definition) is 0. The lowest BCUT2D eigenvalue weighted by atomic mass is 10.0. The maximum Gasteiger partial charge on any atom is 0.0447 e. The van der Waals surface area contributed by atoms with Crippen molar-refractivity contribution in [2.45, 2.75) is 18.2 Å². The standard InChI is InChI=1S/C15H13Br2Cl/c1-10-6-7-12(13(16)8-10)14(17)9-11-4-2-3-5-15(11)18/h2-8,14H,9H2,1H3. The number of aryl methyl sites for hydroxylation is 1. The Morgan fingerprint density at radius 2 is 1.89 bits per heavy atom. The van der Waals surface area contributed by atoms with Crippen LogP contribution in [0.25, 0.3) is 0 Å². The lowest BCUT2D eigenvalue weighted by Crippen LogP contribution is -1.97. The van der Waals surface area contributed by atoms with Gasteiger partial charge in [-0.2, -0.15) is 0 Å². The number of hydrogen-bond acceptors (Lipinski definition) is 0. The number of benzene rings is 2. The SMILES string of the molecule is Cc1ccc(C(Br)Cc2ccccc2Cl)c(Br)c1. The molecule has 0 aliphatic carbocycles. The van der Waals surface area contributed by atoms with Crippen LogP contribution in [-0.2, 0) is 6.42 Å². The lowest BCUT2D eigenvalue weighted by Gasteiger charge is -2.14. The predicted molar refractivity (Wildman–Crippen MR) is 85.7 cm³/mol. The summed E-state index contributed by atoms with van der Waals surface area (Å²) in [5, 5.41) is 0.824. The highest BCUT2D eigenvalue weighted by Crippen LogP contribution is 2.34. The topological polar surface area (TPSA) is 0 Å². The van der Waals surface area contributed by atoms with Gasteiger partial charge in [-0.1, -0.05) is 73.8 Å². The van der Waals surface area contributed by atoms with E-state index in [4.69, 9.17) is 11.6 Å². The van der Waals surface area contributed by atoms with E-state index < -0.39 is 0 Å². The van der Waals surface area contributed by atoms with Crippen molar-refractivity contribution in [1.29, 1.82) is 0 Å². The van der Waals surface area contributed by atoms with Gasteiger partial charge < -0.3 is 0 Å². The molecule has 2 rings (SSSR count). The van der Waals surface area contributed by atoms with Crippen molar-refractivity contribution in [1.82, 2.24) is 0 Å². The van der Waals surface area contributed by atoms with Gasteiger partial charge in [0, 0.05) is 14.3 Å². The van der Waals surface area contributed by atoms with E-state index in [1.165, 1.54) is 11.1 Å². The van der Waals surface area contributed by atoms with Crippen molar-refractivity contribution in [2.75, 3.05) is 0 Å². The van der Waals surface area contributed by atoms with Crippen molar-refractivity contribution >= 4 is 43.5 Å². The summed E-state index contributed by atoms with van der Waals surface area (Å²) in [7, 11) is 0. The minimum atomic E-state index is 0.257. The van der Waals surface area contributed by atoms with Crippen molar-refractivity contribution in [2.24, 2.45) is 0 Å². The number of halogens is 3. The molecule has 0 saturated carbocycles. The Kier molecular flexibility index (Phi) is 4.88. The molecule has 0 amide bonds. The average Bonchev–Trinajstić information content (AvgIpc) is 2.32. The highest BCUT2D eigenvalue weighted by atomic mass is 79.9. The molecule has 0 bridgehead atoms. The second kappa shape index (κ2) is 6.23. The van der Waals surface area contributed by atoms with Gasteiger partial charge in [-0.05, 0) is 42.2 Å². The fraction of sp³-hybridized carbons (Fsp3) is 0.200. The third-order valence-corrected chi connectivity index (χ3v) is 4.72. The summed E-state index contributed by atoms with van der Waals surface area (Å²) in [6.07, 6.45) is 0.876. The third-order valence-electron chi connectivity index (χ3n) is 2.85. The lowest BCUT2D eigenvalue weighted by molar-refractivity contribution is 0.942. The maximum atomic E-state index is 6.19. The molecule has 0 aliphatic rings. The van der Waals surface area contributed by atoms with E-state index >= 15 is 0 Å². The van der Waals surface area contributed by atoms with E-state index in [1.807, 2.05) is 18.2 Å². The average molecular weight is 389 g/mol. The fourth-order valence-corrected chi connectivity index (χ4v) is 3.89. The highest BCUT2D eigenvalue weighted by molar-refractivity contribution is 9.11. The largest absolute Gasteiger partial charge is 0.0840 e. The van der Waals surface area contributed by atoms with Gasteiger partial charge in [-0.3, -0.25) is 0 Å². The summed E-state index contributed by atoms with van der Waals surface area (Å²) in [5.74, 6) is 0. The molecule has 3 heteroatoms. The van der Waals surface area contributed by atoms with Crippen LogP contribution in [0.1, 0.15) is 21.5 Å². The minimum absolute atomic E-state index is 0.257. The van der Waals surface area contributed by atoms with Crippen LogP contribution in [0.5, 0.6) is 0 Å². The number of rotatable bonds is 3. The van der Waals surface area contributed by atoms with Crippen LogP contribution in [0.15, 0.2) is 46.9 Å². The van der Waals surface area contributed by atoms with Crippen LogP contribution in [0.3, 0.4) is 0 Å². The van der Waals surface area contributed by atoms with Crippen molar-refractivity contribution < 1.29 is 0 Å². The van der Waals surface area contributed by atoms with Crippen molar-refractivity contribution in [3.63, 3.8) is 0 Å². The summed E-state index contributed by atoms with van der Waals surface area (Å²) in [4.78, 5) is 0.257. The van der Waals surface area contributed by atoms with E-state index in [0.29, 0.717) is 0 Å². The summed E-state index contributed by atoms with van der Waals surface area (Å²) < 4.78 is 1.14. The second-order valence-corrected chi connectivity index (χ2v) is 6.65. The van der Waals surface area contributed by atoms with E-state index in [0.717, 1.165) is 21.5 Å². The van der Waals surface area contributed by atoms with Crippen molar-refractivity contribution in [3.05, 3.63) is 68.7 Å². The first kappa shape index (κ1) is 14.1. The van der Waals surface area contributed by atoms with Crippen LogP contribution >= 0.6 is 43.5 Å². The monoisotopic (exact) mass is 386 g/mol. The number of alkyl halides is 1. The summed E-state index contributed by atoms with van der Waals surface area (Å²) in [5.41, 5.74) is 3.66. The summed E-state index contributed by atoms with van der Waals surface area (Å²) >= 11 is 13.5. The smallest absolute Gasteiger partial charge is 0.0447 e. The van der Waals surface area contributed by atoms with Gasteiger partial charge in [0.05, 0.1) is 0 Å². The Labute approximate surface area is 130 Å². The zero-order chi connectivity index (χ0) is 13.1. The summed E-state index contributed by atoms with van der Waals surface area (Å²) in [6.45, 7) is 2.09. The molecule has 0 radical (unpaired) electrons.